The molecule has 15 heavy (non-hydrogen) atoms. The molecule has 0 aromatic rings. The zero-order valence-corrected chi connectivity index (χ0v) is 9.24. The minimum atomic E-state index is 0.175. The van der Waals surface area contributed by atoms with E-state index in [2.05, 4.69) is 10.2 Å². The monoisotopic (exact) mass is 211 g/mol. The Morgan fingerprint density at radius 2 is 1.93 bits per heavy atom. The number of nitrogens with one attached hydrogen (secondary N) is 1. The van der Waals surface area contributed by atoms with Crippen LogP contribution in [0, 0.1) is 0 Å². The first-order valence-electron chi connectivity index (χ1n) is 6.01. The predicted molar refractivity (Wildman–Crippen MR) is 59.4 cm³/mol. The zero-order chi connectivity index (χ0) is 10.7. The summed E-state index contributed by atoms with van der Waals surface area (Å²) in [4.78, 5) is 13.7. The summed E-state index contributed by atoms with van der Waals surface area (Å²) in [6.45, 7) is 2.28. The van der Waals surface area contributed by atoms with Gasteiger partial charge in [0.15, 0.2) is 0 Å². The topological polar surface area (TPSA) is 58.4 Å². The van der Waals surface area contributed by atoms with Crippen LogP contribution >= 0.6 is 0 Å². The van der Waals surface area contributed by atoms with E-state index in [1.54, 1.807) is 0 Å². The van der Waals surface area contributed by atoms with Gasteiger partial charge in [-0.1, -0.05) is 19.3 Å². The van der Waals surface area contributed by atoms with Crippen LogP contribution in [-0.4, -0.2) is 42.5 Å². The molecular formula is C11H21N3O. The lowest BCUT2D eigenvalue weighted by atomic mass is 9.95. The van der Waals surface area contributed by atoms with E-state index in [0.29, 0.717) is 12.6 Å². The highest BCUT2D eigenvalue weighted by molar-refractivity contribution is 5.78. The Morgan fingerprint density at radius 1 is 1.27 bits per heavy atom. The molecule has 0 aromatic heterocycles. The van der Waals surface area contributed by atoms with Crippen LogP contribution in [0.2, 0.25) is 0 Å². The van der Waals surface area contributed by atoms with Crippen molar-refractivity contribution < 1.29 is 4.79 Å². The molecule has 0 atom stereocenters. The minimum absolute atomic E-state index is 0.175. The first-order valence-corrected chi connectivity index (χ1v) is 6.01. The second-order valence-corrected chi connectivity index (χ2v) is 4.86. The average Bonchev–Trinajstić information content (AvgIpc) is 2.17. The maximum absolute atomic E-state index is 11.6. The highest BCUT2D eigenvalue weighted by Gasteiger charge is 2.25. The van der Waals surface area contributed by atoms with Crippen molar-refractivity contribution in [3.05, 3.63) is 0 Å². The fourth-order valence-electron chi connectivity index (χ4n) is 2.46. The van der Waals surface area contributed by atoms with Gasteiger partial charge in [0.25, 0.3) is 0 Å². The Kier molecular flexibility index (Phi) is 3.59. The van der Waals surface area contributed by atoms with Gasteiger partial charge >= 0.3 is 0 Å². The van der Waals surface area contributed by atoms with Gasteiger partial charge in [-0.25, -0.2) is 0 Å². The van der Waals surface area contributed by atoms with Crippen molar-refractivity contribution in [3.63, 3.8) is 0 Å². The van der Waals surface area contributed by atoms with Crippen LogP contribution < -0.4 is 11.1 Å². The number of nitrogens with zero attached hydrogens (tertiary/aromatic N) is 1. The molecule has 0 radical (unpaired) electrons. The van der Waals surface area contributed by atoms with Gasteiger partial charge in [-0.3, -0.25) is 9.69 Å². The molecular weight excluding hydrogens is 190 g/mol. The van der Waals surface area contributed by atoms with Crippen molar-refractivity contribution in [2.75, 3.05) is 19.6 Å². The Labute approximate surface area is 91.2 Å². The average molecular weight is 211 g/mol. The Bertz CT molecular complexity index is 220. The molecule has 1 aliphatic carbocycles. The Balaban J connectivity index is 1.63. The quantitative estimate of drug-likeness (QED) is 0.695. The molecule has 1 amide bonds. The van der Waals surface area contributed by atoms with Crippen LogP contribution in [0.3, 0.4) is 0 Å². The number of nitrogens with two attached hydrogens (primary N) is 1. The van der Waals surface area contributed by atoms with Gasteiger partial charge in [-0.15, -0.1) is 0 Å². The molecule has 2 fully saturated rings. The lowest BCUT2D eigenvalue weighted by molar-refractivity contribution is -0.124. The van der Waals surface area contributed by atoms with Crippen molar-refractivity contribution in [1.29, 1.82) is 0 Å². The lowest BCUT2D eigenvalue weighted by Crippen LogP contribution is -2.58. The molecule has 1 saturated heterocycles. The number of rotatable bonds is 3. The van der Waals surface area contributed by atoms with E-state index >= 15 is 0 Å². The van der Waals surface area contributed by atoms with E-state index < -0.39 is 0 Å². The van der Waals surface area contributed by atoms with E-state index in [1.165, 1.54) is 19.3 Å². The molecule has 4 nitrogen and oxygen atoms in total. The number of carbonyl (C=O) groups is 1. The highest BCUT2D eigenvalue weighted by Crippen LogP contribution is 2.17. The molecule has 1 heterocycles. The van der Waals surface area contributed by atoms with Gasteiger partial charge in [0.2, 0.25) is 5.91 Å². The van der Waals surface area contributed by atoms with E-state index in [4.69, 9.17) is 5.73 Å². The summed E-state index contributed by atoms with van der Waals surface area (Å²) in [6.07, 6.45) is 6.17. The molecule has 0 bridgehead atoms. The molecule has 2 rings (SSSR count). The molecule has 1 aliphatic heterocycles. The summed E-state index contributed by atoms with van der Waals surface area (Å²) in [5.74, 6) is 0.175. The first-order chi connectivity index (χ1) is 7.24. The summed E-state index contributed by atoms with van der Waals surface area (Å²) >= 11 is 0. The van der Waals surface area contributed by atoms with Gasteiger partial charge in [0.1, 0.15) is 0 Å². The van der Waals surface area contributed by atoms with Crippen molar-refractivity contribution >= 4 is 5.91 Å². The second-order valence-electron chi connectivity index (χ2n) is 4.86. The van der Waals surface area contributed by atoms with Crippen molar-refractivity contribution in [1.82, 2.24) is 10.2 Å². The van der Waals surface area contributed by atoms with Crippen molar-refractivity contribution in [3.8, 4) is 0 Å². The lowest BCUT2D eigenvalue weighted by Gasteiger charge is -2.36. The predicted octanol–water partition coefficient (Wildman–Crippen LogP) is 0.0782. The smallest absolute Gasteiger partial charge is 0.234 e. The Hall–Kier alpha value is -0.610. The van der Waals surface area contributed by atoms with Crippen LogP contribution in [0.15, 0.2) is 0 Å². The third kappa shape index (κ3) is 3.18. The zero-order valence-electron chi connectivity index (χ0n) is 9.24. The number of carbonyl (C=O) groups excluding carboxylic acids is 1. The van der Waals surface area contributed by atoms with Crippen LogP contribution in [0.1, 0.15) is 32.1 Å². The summed E-state index contributed by atoms with van der Waals surface area (Å²) < 4.78 is 0. The molecule has 1 saturated carbocycles. The fourth-order valence-corrected chi connectivity index (χ4v) is 2.46. The van der Waals surface area contributed by atoms with E-state index in [0.717, 1.165) is 25.9 Å². The molecule has 3 N–H and O–H groups in total. The van der Waals surface area contributed by atoms with Gasteiger partial charge in [-0.05, 0) is 12.8 Å². The van der Waals surface area contributed by atoms with Crippen molar-refractivity contribution in [2.45, 2.75) is 44.2 Å². The largest absolute Gasteiger partial charge is 0.352 e. The second kappa shape index (κ2) is 4.94. The standard InChI is InChI=1S/C11H21N3O/c12-9-6-14(7-9)8-11(15)13-10-4-2-1-3-5-10/h9-10H,1-8,12H2,(H,13,15). The SMILES string of the molecule is NC1CN(CC(=O)NC2CCCCC2)C1. The van der Waals surface area contributed by atoms with E-state index in [1.807, 2.05) is 0 Å². The van der Waals surface area contributed by atoms with Gasteiger partial charge < -0.3 is 11.1 Å². The van der Waals surface area contributed by atoms with Crippen molar-refractivity contribution in [2.24, 2.45) is 5.73 Å². The normalized spacial score (nSPS) is 24.9. The summed E-state index contributed by atoms with van der Waals surface area (Å²) in [7, 11) is 0. The molecule has 0 aromatic carbocycles. The molecule has 0 spiro atoms. The minimum Gasteiger partial charge on any atom is -0.352 e. The Morgan fingerprint density at radius 3 is 2.53 bits per heavy atom. The van der Waals surface area contributed by atoms with E-state index in [9.17, 15) is 4.79 Å². The number of amides is 1. The van der Waals surface area contributed by atoms with Crippen LogP contribution in [0.5, 0.6) is 0 Å². The molecule has 0 unspecified atom stereocenters. The summed E-state index contributed by atoms with van der Waals surface area (Å²) in [6, 6.07) is 0.716. The van der Waals surface area contributed by atoms with Crippen LogP contribution in [0.4, 0.5) is 0 Å². The maximum Gasteiger partial charge on any atom is 0.234 e. The highest BCUT2D eigenvalue weighted by atomic mass is 16.2. The fraction of sp³-hybridized carbons (Fsp3) is 0.909. The van der Waals surface area contributed by atoms with Gasteiger partial charge in [0, 0.05) is 25.2 Å². The summed E-state index contributed by atoms with van der Waals surface area (Å²) in [5, 5.41) is 3.11. The number of hydrogen-bond donors (Lipinski definition) is 2. The maximum atomic E-state index is 11.6. The summed E-state index contributed by atoms with van der Waals surface area (Å²) in [5.41, 5.74) is 5.66. The molecule has 86 valence electrons. The molecule has 4 heteroatoms. The number of hydrogen-bond acceptors (Lipinski definition) is 3. The third-order valence-corrected chi connectivity index (χ3v) is 3.32. The number of likely N-dealkylation sites (tertiary alicyclic amines) is 1. The molecule has 2 aliphatic rings. The van der Waals surface area contributed by atoms with Crippen LogP contribution in [-0.2, 0) is 4.79 Å². The van der Waals surface area contributed by atoms with Crippen LogP contribution in [0.25, 0.3) is 0 Å². The van der Waals surface area contributed by atoms with Gasteiger partial charge in [0.05, 0.1) is 6.54 Å². The van der Waals surface area contributed by atoms with Gasteiger partial charge in [-0.2, -0.15) is 0 Å². The first kappa shape index (κ1) is 10.9. The van der Waals surface area contributed by atoms with E-state index in [-0.39, 0.29) is 11.9 Å². The third-order valence-electron chi connectivity index (χ3n) is 3.32.